The first kappa shape index (κ1) is 11.3. The summed E-state index contributed by atoms with van der Waals surface area (Å²) in [5, 5.41) is 12.8. The van der Waals surface area contributed by atoms with Crippen LogP contribution < -0.4 is 0 Å². The Labute approximate surface area is 108 Å². The minimum Gasteiger partial charge on any atom is -0.461 e. The zero-order chi connectivity index (χ0) is 13.4. The van der Waals surface area contributed by atoms with Crippen molar-refractivity contribution < 1.29 is 8.94 Å². The van der Waals surface area contributed by atoms with Crippen LogP contribution in [0, 0.1) is 18.3 Å². The van der Waals surface area contributed by atoms with Gasteiger partial charge in [0, 0.05) is 13.2 Å². The largest absolute Gasteiger partial charge is 0.461 e. The van der Waals surface area contributed by atoms with Gasteiger partial charge in [0.1, 0.15) is 11.8 Å². The Hall–Kier alpha value is -2.81. The van der Waals surface area contributed by atoms with Crippen molar-refractivity contribution in [1.29, 1.82) is 5.26 Å². The fourth-order valence-electron chi connectivity index (χ4n) is 1.86. The summed E-state index contributed by atoms with van der Waals surface area (Å²) in [5.41, 5.74) is 2.18. The third-order valence-electron chi connectivity index (χ3n) is 2.84. The topological polar surface area (TPSA) is 80.8 Å². The number of nitrogens with zero attached hydrogens (tertiary/aromatic N) is 4. The smallest absolute Gasteiger partial charge is 0.274 e. The Bertz CT molecular complexity index is 773. The van der Waals surface area contributed by atoms with Crippen molar-refractivity contribution in [2.45, 2.75) is 6.92 Å². The molecule has 0 aliphatic rings. The molecule has 6 heteroatoms. The number of nitriles is 1. The lowest BCUT2D eigenvalue weighted by atomic mass is 10.3. The van der Waals surface area contributed by atoms with Gasteiger partial charge in [-0.2, -0.15) is 10.2 Å². The second-order valence-corrected chi connectivity index (χ2v) is 4.19. The van der Waals surface area contributed by atoms with E-state index < -0.39 is 0 Å². The second kappa shape index (κ2) is 4.14. The molecule has 0 spiro atoms. The van der Waals surface area contributed by atoms with E-state index in [-0.39, 0.29) is 0 Å². The number of furan rings is 1. The van der Waals surface area contributed by atoms with Crippen LogP contribution in [0.1, 0.15) is 11.1 Å². The average Bonchev–Trinajstić information content (AvgIpc) is 3.07. The van der Waals surface area contributed by atoms with E-state index in [9.17, 15) is 0 Å². The van der Waals surface area contributed by atoms with Crippen LogP contribution in [-0.2, 0) is 7.05 Å². The molecule has 0 aliphatic heterocycles. The first-order valence-corrected chi connectivity index (χ1v) is 5.64. The van der Waals surface area contributed by atoms with Gasteiger partial charge in [0.25, 0.3) is 5.89 Å². The molecule has 6 nitrogen and oxygen atoms in total. The molecule has 19 heavy (non-hydrogen) atoms. The van der Waals surface area contributed by atoms with E-state index in [1.165, 1.54) is 0 Å². The van der Waals surface area contributed by atoms with Gasteiger partial charge in [-0.15, -0.1) is 0 Å². The predicted molar refractivity (Wildman–Crippen MR) is 65.9 cm³/mol. The van der Waals surface area contributed by atoms with Gasteiger partial charge in [-0.05, 0) is 24.6 Å². The van der Waals surface area contributed by atoms with Gasteiger partial charge in [0.05, 0.1) is 11.8 Å². The van der Waals surface area contributed by atoms with E-state index in [1.807, 2.05) is 20.0 Å². The predicted octanol–water partition coefficient (Wildman–Crippen LogP) is 2.52. The number of aromatic nitrogens is 3. The Morgan fingerprint density at radius 3 is 2.89 bits per heavy atom. The maximum atomic E-state index is 8.87. The lowest BCUT2D eigenvalue weighted by Crippen LogP contribution is -1.89. The average molecular weight is 254 g/mol. The van der Waals surface area contributed by atoms with Crippen molar-refractivity contribution in [3.8, 4) is 29.2 Å². The SMILES string of the molecule is Cc1ccoc1-c1noc(-c2cc(C#N)cn2C)n1. The molecule has 0 bridgehead atoms. The summed E-state index contributed by atoms with van der Waals surface area (Å²) in [6, 6.07) is 5.61. The molecule has 0 amide bonds. The summed E-state index contributed by atoms with van der Waals surface area (Å²) >= 11 is 0. The summed E-state index contributed by atoms with van der Waals surface area (Å²) in [6.07, 6.45) is 3.29. The van der Waals surface area contributed by atoms with Crippen LogP contribution in [0.3, 0.4) is 0 Å². The Balaban J connectivity index is 2.04. The molecule has 0 aromatic carbocycles. The summed E-state index contributed by atoms with van der Waals surface area (Å²) in [7, 11) is 1.82. The summed E-state index contributed by atoms with van der Waals surface area (Å²) in [6.45, 7) is 1.91. The molecule has 0 saturated heterocycles. The molecule has 94 valence electrons. The number of rotatable bonds is 2. The molecule has 0 N–H and O–H groups in total. The van der Waals surface area contributed by atoms with Crippen molar-refractivity contribution in [3.05, 3.63) is 35.7 Å². The van der Waals surface area contributed by atoms with Gasteiger partial charge in [-0.1, -0.05) is 5.16 Å². The van der Waals surface area contributed by atoms with Gasteiger partial charge < -0.3 is 13.5 Å². The highest BCUT2D eigenvalue weighted by Gasteiger charge is 2.17. The maximum Gasteiger partial charge on any atom is 0.274 e. The fraction of sp³-hybridized carbons (Fsp3) is 0.154. The molecule has 3 aromatic heterocycles. The first-order chi connectivity index (χ1) is 9.19. The van der Waals surface area contributed by atoms with Crippen molar-refractivity contribution in [2.24, 2.45) is 7.05 Å². The Morgan fingerprint density at radius 2 is 2.26 bits per heavy atom. The normalized spacial score (nSPS) is 10.6. The van der Waals surface area contributed by atoms with Gasteiger partial charge in [-0.25, -0.2) is 0 Å². The lowest BCUT2D eigenvalue weighted by molar-refractivity contribution is 0.427. The van der Waals surface area contributed by atoms with Crippen LogP contribution in [0.4, 0.5) is 0 Å². The van der Waals surface area contributed by atoms with Gasteiger partial charge in [0.15, 0.2) is 5.76 Å². The van der Waals surface area contributed by atoms with Crippen LogP contribution in [0.15, 0.2) is 33.5 Å². The van der Waals surface area contributed by atoms with Crippen molar-refractivity contribution in [1.82, 2.24) is 14.7 Å². The standard InChI is InChI=1S/C13H10N4O2/c1-8-3-4-18-11(8)12-15-13(19-16-12)10-5-9(6-14)7-17(10)2/h3-5,7H,1-2H3. The maximum absolute atomic E-state index is 8.87. The highest BCUT2D eigenvalue weighted by atomic mass is 16.5. The second-order valence-electron chi connectivity index (χ2n) is 4.19. The number of hydrogen-bond donors (Lipinski definition) is 0. The van der Waals surface area contributed by atoms with Crippen LogP contribution in [0.2, 0.25) is 0 Å². The molecule has 0 saturated carbocycles. The van der Waals surface area contributed by atoms with Crippen LogP contribution in [-0.4, -0.2) is 14.7 Å². The summed E-state index contributed by atoms with van der Waals surface area (Å²) < 4.78 is 12.3. The van der Waals surface area contributed by atoms with Gasteiger partial charge in [0.2, 0.25) is 5.82 Å². The van der Waals surface area contributed by atoms with Gasteiger partial charge >= 0.3 is 0 Å². The minimum atomic E-state index is 0.356. The van der Waals surface area contributed by atoms with E-state index in [1.54, 1.807) is 23.1 Å². The number of aryl methyl sites for hydroxylation is 2. The molecule has 3 heterocycles. The Morgan fingerprint density at radius 1 is 1.42 bits per heavy atom. The molecule has 0 aliphatic carbocycles. The molecule has 0 radical (unpaired) electrons. The third kappa shape index (κ3) is 1.81. The molecule has 0 unspecified atom stereocenters. The van der Waals surface area contributed by atoms with E-state index in [2.05, 4.69) is 16.2 Å². The molecule has 0 fully saturated rings. The highest BCUT2D eigenvalue weighted by molar-refractivity contribution is 5.58. The third-order valence-corrected chi connectivity index (χ3v) is 2.84. The van der Waals surface area contributed by atoms with Crippen molar-refractivity contribution in [3.63, 3.8) is 0 Å². The quantitative estimate of drug-likeness (QED) is 0.701. The first-order valence-electron chi connectivity index (χ1n) is 5.64. The van der Waals surface area contributed by atoms with Crippen LogP contribution in [0.25, 0.3) is 23.2 Å². The van der Waals surface area contributed by atoms with Crippen LogP contribution >= 0.6 is 0 Å². The molecule has 3 rings (SSSR count). The molecular formula is C13H10N4O2. The Kier molecular flexibility index (Phi) is 2.46. The number of hydrogen-bond acceptors (Lipinski definition) is 5. The fourth-order valence-corrected chi connectivity index (χ4v) is 1.86. The minimum absolute atomic E-state index is 0.356. The van der Waals surface area contributed by atoms with E-state index in [0.29, 0.717) is 28.7 Å². The molecular weight excluding hydrogens is 244 g/mol. The summed E-state index contributed by atoms with van der Waals surface area (Å²) in [4.78, 5) is 4.29. The van der Waals surface area contributed by atoms with Gasteiger partial charge in [-0.3, -0.25) is 0 Å². The zero-order valence-corrected chi connectivity index (χ0v) is 10.4. The van der Waals surface area contributed by atoms with Crippen LogP contribution in [0.5, 0.6) is 0 Å². The monoisotopic (exact) mass is 254 g/mol. The molecule has 0 atom stereocenters. The zero-order valence-electron chi connectivity index (χ0n) is 10.4. The van der Waals surface area contributed by atoms with E-state index in [4.69, 9.17) is 14.2 Å². The lowest BCUT2D eigenvalue weighted by Gasteiger charge is -1.94. The van der Waals surface area contributed by atoms with Crippen molar-refractivity contribution in [2.75, 3.05) is 0 Å². The van der Waals surface area contributed by atoms with E-state index >= 15 is 0 Å². The van der Waals surface area contributed by atoms with Crippen molar-refractivity contribution >= 4 is 0 Å². The van der Waals surface area contributed by atoms with E-state index in [0.717, 1.165) is 5.56 Å². The molecule has 3 aromatic rings. The highest BCUT2D eigenvalue weighted by Crippen LogP contribution is 2.25. The summed E-state index contributed by atoms with van der Waals surface area (Å²) in [5.74, 6) is 1.34.